The zero-order valence-corrected chi connectivity index (χ0v) is 13.9. The van der Waals surface area contributed by atoms with E-state index in [1.807, 2.05) is 60.5 Å². The number of hydrogen-bond acceptors (Lipinski definition) is 3. The van der Waals surface area contributed by atoms with Crippen LogP contribution in [0.3, 0.4) is 0 Å². The number of rotatable bonds is 2. The molecular formula is C21H15F2NO2. The Morgan fingerprint density at radius 3 is 2.08 bits per heavy atom. The summed E-state index contributed by atoms with van der Waals surface area (Å²) >= 11 is 0. The maximum Gasteiger partial charge on any atom is 0.323 e. The van der Waals surface area contributed by atoms with Crippen LogP contribution in [0.2, 0.25) is 0 Å². The fourth-order valence-corrected chi connectivity index (χ4v) is 3.35. The molecule has 0 aliphatic carbocycles. The molecule has 0 saturated heterocycles. The number of halogens is 2. The van der Waals surface area contributed by atoms with Crippen molar-refractivity contribution in [3.8, 4) is 5.75 Å². The molecule has 1 heterocycles. The smallest absolute Gasteiger partial charge is 0.323 e. The molecule has 4 rings (SSSR count). The number of nitrogens with zero attached hydrogens (tertiary/aromatic N) is 1. The van der Waals surface area contributed by atoms with Gasteiger partial charge in [-0.3, -0.25) is 4.79 Å². The number of fused-ring (bicyclic) bond motifs is 2. The van der Waals surface area contributed by atoms with Gasteiger partial charge < -0.3 is 9.64 Å². The Balaban J connectivity index is 1.78. The summed E-state index contributed by atoms with van der Waals surface area (Å²) in [6.45, 7) is 0. The summed E-state index contributed by atoms with van der Waals surface area (Å²) in [6, 6.07) is 17.9. The minimum absolute atomic E-state index is 0.287. The number of para-hydroxylation sites is 2. The van der Waals surface area contributed by atoms with Gasteiger partial charge in [-0.1, -0.05) is 36.4 Å². The second kappa shape index (κ2) is 6.26. The molecule has 0 unspecified atom stereocenters. The van der Waals surface area contributed by atoms with Crippen LogP contribution in [0.15, 0.2) is 66.7 Å². The van der Waals surface area contributed by atoms with E-state index in [9.17, 15) is 13.6 Å². The number of ether oxygens (including phenoxy) is 1. The van der Waals surface area contributed by atoms with E-state index in [0.717, 1.165) is 34.6 Å². The van der Waals surface area contributed by atoms with E-state index in [1.165, 1.54) is 0 Å². The maximum absolute atomic E-state index is 13.9. The van der Waals surface area contributed by atoms with Crippen molar-refractivity contribution >= 4 is 17.3 Å². The first kappa shape index (κ1) is 16.3. The number of esters is 1. The van der Waals surface area contributed by atoms with E-state index in [-0.39, 0.29) is 5.75 Å². The zero-order valence-electron chi connectivity index (χ0n) is 13.9. The summed E-state index contributed by atoms with van der Waals surface area (Å²) in [6.07, 6.45) is 0. The SMILES string of the molecule is CN1c2ccccc2C(C(=O)Oc2ccc(F)cc2F)c2ccccc21. The molecule has 3 aromatic rings. The molecule has 3 aromatic carbocycles. The summed E-state index contributed by atoms with van der Waals surface area (Å²) in [4.78, 5) is 14.9. The molecule has 0 fully saturated rings. The van der Waals surface area contributed by atoms with Crippen molar-refractivity contribution < 1.29 is 18.3 Å². The van der Waals surface area contributed by atoms with Crippen LogP contribution in [0.4, 0.5) is 20.2 Å². The molecule has 0 aromatic heterocycles. The molecule has 0 atom stereocenters. The highest BCUT2D eigenvalue weighted by atomic mass is 19.1. The van der Waals surface area contributed by atoms with Gasteiger partial charge in [-0.25, -0.2) is 8.78 Å². The summed E-state index contributed by atoms with van der Waals surface area (Å²) in [5.41, 5.74) is 3.32. The summed E-state index contributed by atoms with van der Waals surface area (Å²) in [5, 5.41) is 0. The van der Waals surface area contributed by atoms with Gasteiger partial charge in [0.15, 0.2) is 11.6 Å². The predicted octanol–water partition coefficient (Wildman–Crippen LogP) is 4.78. The largest absolute Gasteiger partial charge is 0.423 e. The van der Waals surface area contributed by atoms with Gasteiger partial charge in [0.2, 0.25) is 0 Å². The first-order valence-electron chi connectivity index (χ1n) is 8.14. The first-order valence-corrected chi connectivity index (χ1v) is 8.14. The maximum atomic E-state index is 13.9. The molecule has 0 spiro atoms. The van der Waals surface area contributed by atoms with Crippen molar-refractivity contribution in [3.63, 3.8) is 0 Å². The van der Waals surface area contributed by atoms with Crippen LogP contribution < -0.4 is 9.64 Å². The number of carbonyl (C=O) groups is 1. The molecule has 1 aliphatic rings. The fraction of sp³-hybridized carbons (Fsp3) is 0.0952. The van der Waals surface area contributed by atoms with Crippen molar-refractivity contribution in [3.05, 3.63) is 89.5 Å². The van der Waals surface area contributed by atoms with E-state index in [0.29, 0.717) is 6.07 Å². The fourth-order valence-electron chi connectivity index (χ4n) is 3.35. The zero-order chi connectivity index (χ0) is 18.3. The highest BCUT2D eigenvalue weighted by Crippen LogP contribution is 2.45. The second-order valence-electron chi connectivity index (χ2n) is 6.11. The molecule has 0 radical (unpaired) electrons. The average molecular weight is 351 g/mol. The third-order valence-corrected chi connectivity index (χ3v) is 4.56. The Bertz CT molecular complexity index is 955. The summed E-state index contributed by atoms with van der Waals surface area (Å²) in [5.74, 6) is -3.22. The van der Waals surface area contributed by atoms with Crippen molar-refractivity contribution in [2.24, 2.45) is 0 Å². The summed E-state index contributed by atoms with van der Waals surface area (Å²) < 4.78 is 32.3. The minimum Gasteiger partial charge on any atom is -0.423 e. The Morgan fingerprint density at radius 2 is 1.50 bits per heavy atom. The second-order valence-corrected chi connectivity index (χ2v) is 6.11. The Kier molecular flexibility index (Phi) is 3.92. The van der Waals surface area contributed by atoms with Gasteiger partial charge >= 0.3 is 5.97 Å². The van der Waals surface area contributed by atoms with Crippen LogP contribution >= 0.6 is 0 Å². The summed E-state index contributed by atoms with van der Waals surface area (Å²) in [7, 11) is 1.93. The van der Waals surface area contributed by atoms with Gasteiger partial charge in [0.1, 0.15) is 11.7 Å². The topological polar surface area (TPSA) is 29.5 Å². The van der Waals surface area contributed by atoms with Crippen LogP contribution in [0.5, 0.6) is 5.75 Å². The molecule has 3 nitrogen and oxygen atoms in total. The lowest BCUT2D eigenvalue weighted by Gasteiger charge is -2.34. The van der Waals surface area contributed by atoms with E-state index >= 15 is 0 Å². The average Bonchev–Trinajstić information content (AvgIpc) is 2.64. The van der Waals surface area contributed by atoms with E-state index < -0.39 is 23.5 Å². The number of carbonyl (C=O) groups excluding carboxylic acids is 1. The third kappa shape index (κ3) is 2.62. The number of anilines is 2. The molecule has 0 bridgehead atoms. The number of benzene rings is 3. The molecular weight excluding hydrogens is 336 g/mol. The monoisotopic (exact) mass is 351 g/mol. The molecule has 1 aliphatic heterocycles. The standard InChI is InChI=1S/C21H15F2NO2/c1-24-17-8-4-2-6-14(17)20(15-7-3-5-9-18(15)24)21(25)26-19-11-10-13(22)12-16(19)23/h2-12,20H,1H3. The third-order valence-electron chi connectivity index (χ3n) is 4.56. The highest BCUT2D eigenvalue weighted by Gasteiger charge is 2.35. The van der Waals surface area contributed by atoms with Gasteiger partial charge in [-0.2, -0.15) is 0 Å². The predicted molar refractivity (Wildman–Crippen MR) is 94.8 cm³/mol. The molecule has 0 saturated carbocycles. The Morgan fingerprint density at radius 1 is 0.923 bits per heavy atom. The molecule has 130 valence electrons. The van der Waals surface area contributed by atoms with Gasteiger partial charge in [0, 0.05) is 24.5 Å². The quantitative estimate of drug-likeness (QED) is 0.491. The van der Waals surface area contributed by atoms with Gasteiger partial charge in [0.05, 0.1) is 0 Å². The van der Waals surface area contributed by atoms with Gasteiger partial charge in [0.25, 0.3) is 0 Å². The lowest BCUT2D eigenvalue weighted by atomic mass is 9.85. The lowest BCUT2D eigenvalue weighted by Crippen LogP contribution is -2.28. The minimum atomic E-state index is -0.909. The molecule has 26 heavy (non-hydrogen) atoms. The lowest BCUT2D eigenvalue weighted by molar-refractivity contribution is -0.135. The highest BCUT2D eigenvalue weighted by molar-refractivity contribution is 5.92. The van der Waals surface area contributed by atoms with Crippen molar-refractivity contribution in [2.75, 3.05) is 11.9 Å². The van der Waals surface area contributed by atoms with Crippen molar-refractivity contribution in [1.29, 1.82) is 0 Å². The molecule has 0 amide bonds. The van der Waals surface area contributed by atoms with Crippen LogP contribution in [0, 0.1) is 11.6 Å². The van der Waals surface area contributed by atoms with Crippen molar-refractivity contribution in [2.45, 2.75) is 5.92 Å². The van der Waals surface area contributed by atoms with Gasteiger partial charge in [-0.15, -0.1) is 0 Å². The van der Waals surface area contributed by atoms with Crippen LogP contribution in [-0.2, 0) is 4.79 Å². The van der Waals surface area contributed by atoms with Gasteiger partial charge in [-0.05, 0) is 35.4 Å². The van der Waals surface area contributed by atoms with Crippen LogP contribution in [0.25, 0.3) is 0 Å². The number of hydrogen-bond donors (Lipinski definition) is 0. The Labute approximate surface area is 149 Å². The first-order chi connectivity index (χ1) is 12.6. The normalized spacial score (nSPS) is 13.1. The molecule has 5 heteroatoms. The van der Waals surface area contributed by atoms with E-state index in [1.54, 1.807) is 0 Å². The van der Waals surface area contributed by atoms with Crippen LogP contribution in [-0.4, -0.2) is 13.0 Å². The van der Waals surface area contributed by atoms with Crippen molar-refractivity contribution in [1.82, 2.24) is 0 Å². The molecule has 0 N–H and O–H groups in total. The van der Waals surface area contributed by atoms with E-state index in [2.05, 4.69) is 0 Å². The Hall–Kier alpha value is -3.21. The van der Waals surface area contributed by atoms with E-state index in [4.69, 9.17) is 4.74 Å². The van der Waals surface area contributed by atoms with Crippen LogP contribution in [0.1, 0.15) is 17.0 Å².